The summed E-state index contributed by atoms with van der Waals surface area (Å²) in [6, 6.07) is 11.6. The Hall–Kier alpha value is -3.07. The molecule has 0 bridgehead atoms. The number of esters is 1. The SMILES string of the molecule is C[C@@H](NC(=O)COC(=O)CCCC(=O)Nc1cc(C(F)(F)F)ccc1Cl)c1ccccc1. The van der Waals surface area contributed by atoms with E-state index < -0.39 is 36.1 Å². The van der Waals surface area contributed by atoms with Crippen LogP contribution in [0.2, 0.25) is 5.02 Å². The van der Waals surface area contributed by atoms with E-state index in [0.29, 0.717) is 0 Å². The number of anilines is 1. The summed E-state index contributed by atoms with van der Waals surface area (Å²) in [5.41, 5.74) is -0.210. The molecule has 32 heavy (non-hydrogen) atoms. The number of halogens is 4. The highest BCUT2D eigenvalue weighted by molar-refractivity contribution is 6.33. The van der Waals surface area contributed by atoms with Gasteiger partial charge >= 0.3 is 12.1 Å². The highest BCUT2D eigenvalue weighted by Gasteiger charge is 2.31. The molecule has 10 heteroatoms. The largest absolute Gasteiger partial charge is 0.456 e. The molecule has 0 aromatic heterocycles. The van der Waals surface area contributed by atoms with Gasteiger partial charge in [-0.05, 0) is 37.1 Å². The predicted octanol–water partition coefficient (Wildman–Crippen LogP) is 4.89. The topological polar surface area (TPSA) is 84.5 Å². The molecule has 2 amide bonds. The Morgan fingerprint density at radius 1 is 1.03 bits per heavy atom. The molecule has 2 aromatic carbocycles. The number of rotatable bonds is 9. The van der Waals surface area contributed by atoms with E-state index in [1.54, 1.807) is 6.92 Å². The van der Waals surface area contributed by atoms with Gasteiger partial charge < -0.3 is 15.4 Å². The number of carbonyl (C=O) groups is 3. The quantitative estimate of drug-likeness (QED) is 0.511. The van der Waals surface area contributed by atoms with Gasteiger partial charge in [-0.2, -0.15) is 13.2 Å². The Morgan fingerprint density at radius 3 is 2.38 bits per heavy atom. The van der Waals surface area contributed by atoms with E-state index in [4.69, 9.17) is 16.3 Å². The van der Waals surface area contributed by atoms with Crippen LogP contribution in [-0.2, 0) is 25.3 Å². The average Bonchev–Trinajstić information content (AvgIpc) is 2.73. The van der Waals surface area contributed by atoms with E-state index in [0.717, 1.165) is 23.8 Å². The summed E-state index contributed by atoms with van der Waals surface area (Å²) in [6.07, 6.45) is -4.76. The van der Waals surface area contributed by atoms with Crippen molar-refractivity contribution in [1.29, 1.82) is 0 Å². The Balaban J connectivity index is 1.70. The monoisotopic (exact) mass is 470 g/mol. The van der Waals surface area contributed by atoms with Gasteiger partial charge in [0.05, 0.1) is 22.3 Å². The third-order valence-corrected chi connectivity index (χ3v) is 4.72. The molecule has 0 aliphatic heterocycles. The third-order valence-electron chi connectivity index (χ3n) is 4.39. The van der Waals surface area contributed by atoms with Crippen LogP contribution in [0.1, 0.15) is 43.4 Å². The van der Waals surface area contributed by atoms with Crippen LogP contribution in [0.4, 0.5) is 18.9 Å². The van der Waals surface area contributed by atoms with Crippen molar-refractivity contribution in [3.63, 3.8) is 0 Å². The number of nitrogens with one attached hydrogen (secondary N) is 2. The van der Waals surface area contributed by atoms with Gasteiger partial charge in [-0.3, -0.25) is 14.4 Å². The molecule has 0 unspecified atom stereocenters. The second kappa shape index (κ2) is 11.5. The Morgan fingerprint density at radius 2 is 1.72 bits per heavy atom. The van der Waals surface area contributed by atoms with Crippen LogP contribution in [0.15, 0.2) is 48.5 Å². The molecule has 0 saturated heterocycles. The third kappa shape index (κ3) is 8.22. The summed E-state index contributed by atoms with van der Waals surface area (Å²) >= 11 is 5.83. The first kappa shape index (κ1) is 25.2. The smallest absolute Gasteiger partial charge is 0.416 e. The zero-order valence-corrected chi connectivity index (χ0v) is 17.9. The van der Waals surface area contributed by atoms with Crippen molar-refractivity contribution in [2.75, 3.05) is 11.9 Å². The van der Waals surface area contributed by atoms with Crippen LogP contribution in [0, 0.1) is 0 Å². The van der Waals surface area contributed by atoms with Gasteiger partial charge in [0.25, 0.3) is 5.91 Å². The van der Waals surface area contributed by atoms with Gasteiger partial charge in [0, 0.05) is 12.8 Å². The molecule has 1 atom stereocenters. The average molecular weight is 471 g/mol. The van der Waals surface area contributed by atoms with E-state index in [-0.39, 0.29) is 36.0 Å². The molecule has 0 aliphatic carbocycles. The maximum atomic E-state index is 12.8. The van der Waals surface area contributed by atoms with E-state index in [1.165, 1.54) is 0 Å². The predicted molar refractivity (Wildman–Crippen MR) is 113 cm³/mol. The number of hydrogen-bond acceptors (Lipinski definition) is 4. The van der Waals surface area contributed by atoms with Crippen LogP contribution in [-0.4, -0.2) is 24.4 Å². The normalized spacial score (nSPS) is 12.0. The maximum absolute atomic E-state index is 12.8. The van der Waals surface area contributed by atoms with Gasteiger partial charge in [0.1, 0.15) is 0 Å². The molecule has 0 saturated carbocycles. The Bertz CT molecular complexity index is 952. The van der Waals surface area contributed by atoms with Crippen LogP contribution in [0.25, 0.3) is 0 Å². The van der Waals surface area contributed by atoms with Crippen molar-refractivity contribution < 1.29 is 32.3 Å². The summed E-state index contributed by atoms with van der Waals surface area (Å²) in [5.74, 6) is -1.74. The standard InChI is InChI=1S/C22H22ClF3N2O4/c1-14(15-6-3-2-4-7-15)27-20(30)13-32-21(31)9-5-8-19(29)28-18-12-16(22(24,25)26)10-11-17(18)23/h2-4,6-7,10-12,14H,5,8-9,13H2,1H3,(H,27,30)(H,28,29)/t14-/m1/s1. The maximum Gasteiger partial charge on any atom is 0.416 e. The van der Waals surface area contributed by atoms with E-state index in [2.05, 4.69) is 10.6 Å². The fraction of sp³-hybridized carbons (Fsp3) is 0.318. The molecule has 0 heterocycles. The van der Waals surface area contributed by atoms with Gasteiger partial charge in [0.15, 0.2) is 6.61 Å². The second-order valence-electron chi connectivity index (χ2n) is 6.95. The number of carbonyl (C=O) groups excluding carboxylic acids is 3. The summed E-state index contributed by atoms with van der Waals surface area (Å²) in [5, 5.41) is 4.96. The lowest BCUT2D eigenvalue weighted by Gasteiger charge is -2.14. The minimum absolute atomic E-state index is 0.0403. The highest BCUT2D eigenvalue weighted by atomic mass is 35.5. The van der Waals surface area contributed by atoms with Crippen LogP contribution in [0.5, 0.6) is 0 Å². The minimum Gasteiger partial charge on any atom is -0.456 e. The van der Waals surface area contributed by atoms with Gasteiger partial charge in [-0.1, -0.05) is 41.9 Å². The number of ether oxygens (including phenoxy) is 1. The summed E-state index contributed by atoms with van der Waals surface area (Å²) in [6.45, 7) is 1.34. The van der Waals surface area contributed by atoms with Crippen molar-refractivity contribution in [2.24, 2.45) is 0 Å². The lowest BCUT2D eigenvalue weighted by molar-refractivity contribution is -0.148. The number of amides is 2. The zero-order valence-electron chi connectivity index (χ0n) is 17.2. The van der Waals surface area contributed by atoms with Crippen molar-refractivity contribution in [2.45, 2.75) is 38.4 Å². The molecule has 0 aliphatic rings. The molecular formula is C22H22ClF3N2O4. The Labute approximate surface area is 188 Å². The lowest BCUT2D eigenvalue weighted by atomic mass is 10.1. The van der Waals surface area contributed by atoms with Gasteiger partial charge in [-0.15, -0.1) is 0 Å². The first-order chi connectivity index (χ1) is 15.1. The van der Waals surface area contributed by atoms with E-state index >= 15 is 0 Å². The van der Waals surface area contributed by atoms with E-state index in [9.17, 15) is 27.6 Å². The van der Waals surface area contributed by atoms with Crippen molar-refractivity contribution in [3.05, 3.63) is 64.7 Å². The molecule has 2 N–H and O–H groups in total. The van der Waals surface area contributed by atoms with Gasteiger partial charge in [0.2, 0.25) is 5.91 Å². The lowest BCUT2D eigenvalue weighted by Crippen LogP contribution is -2.31. The fourth-order valence-electron chi connectivity index (χ4n) is 2.73. The molecule has 0 radical (unpaired) electrons. The fourth-order valence-corrected chi connectivity index (χ4v) is 2.89. The molecule has 172 valence electrons. The van der Waals surface area contributed by atoms with Gasteiger partial charge in [-0.25, -0.2) is 0 Å². The van der Waals surface area contributed by atoms with Crippen LogP contribution in [0.3, 0.4) is 0 Å². The molecule has 2 aromatic rings. The second-order valence-corrected chi connectivity index (χ2v) is 7.36. The number of alkyl halides is 3. The molecule has 6 nitrogen and oxygen atoms in total. The summed E-state index contributed by atoms with van der Waals surface area (Å²) in [4.78, 5) is 35.6. The van der Waals surface area contributed by atoms with Crippen molar-refractivity contribution in [3.8, 4) is 0 Å². The zero-order chi connectivity index (χ0) is 23.7. The van der Waals surface area contributed by atoms with Crippen LogP contribution >= 0.6 is 11.6 Å². The number of hydrogen-bond donors (Lipinski definition) is 2. The highest BCUT2D eigenvalue weighted by Crippen LogP contribution is 2.33. The first-order valence-electron chi connectivity index (χ1n) is 9.73. The van der Waals surface area contributed by atoms with E-state index in [1.807, 2.05) is 30.3 Å². The van der Waals surface area contributed by atoms with Crippen molar-refractivity contribution in [1.82, 2.24) is 5.32 Å². The van der Waals surface area contributed by atoms with Crippen LogP contribution < -0.4 is 10.6 Å². The summed E-state index contributed by atoms with van der Waals surface area (Å²) in [7, 11) is 0. The molecular weight excluding hydrogens is 449 g/mol. The first-order valence-corrected chi connectivity index (χ1v) is 10.1. The molecule has 0 spiro atoms. The molecule has 2 rings (SSSR count). The summed E-state index contributed by atoms with van der Waals surface area (Å²) < 4.78 is 43.2. The Kier molecular flexibility index (Phi) is 9.07. The molecule has 0 fully saturated rings. The minimum atomic E-state index is -4.57. The number of benzene rings is 2. The van der Waals surface area contributed by atoms with Crippen molar-refractivity contribution >= 4 is 35.1 Å².